The Bertz CT molecular complexity index is 786. The van der Waals surface area contributed by atoms with Crippen molar-refractivity contribution >= 4 is 16.0 Å². The van der Waals surface area contributed by atoms with Crippen LogP contribution in [0.15, 0.2) is 59.5 Å². The number of carbonyl (C=O) groups is 1. The molecule has 1 N–H and O–H groups in total. The molecule has 2 aromatic carbocycles. The van der Waals surface area contributed by atoms with Crippen LogP contribution in [0.1, 0.15) is 24.1 Å². The van der Waals surface area contributed by atoms with Gasteiger partial charge in [-0.2, -0.15) is 0 Å². The minimum atomic E-state index is -3.77. The topological polar surface area (TPSA) is 72.5 Å². The lowest BCUT2D eigenvalue weighted by Gasteiger charge is -2.24. The van der Waals surface area contributed by atoms with Gasteiger partial charge in [0.05, 0.1) is 24.0 Å². The quantitative estimate of drug-likeness (QED) is 0.816. The first-order valence-corrected chi connectivity index (χ1v) is 9.05. The van der Waals surface area contributed by atoms with Crippen LogP contribution in [0.5, 0.6) is 0 Å². The Hall–Kier alpha value is -2.18. The maximum Gasteiger partial charge on any atom is 0.310 e. The van der Waals surface area contributed by atoms with E-state index in [4.69, 9.17) is 4.74 Å². The molecule has 0 fully saturated rings. The van der Waals surface area contributed by atoms with E-state index >= 15 is 0 Å². The molecule has 5 nitrogen and oxygen atoms in total. The Morgan fingerprint density at radius 3 is 2.17 bits per heavy atom. The number of sulfonamides is 1. The summed E-state index contributed by atoms with van der Waals surface area (Å²) < 4.78 is 32.8. The smallest absolute Gasteiger partial charge is 0.310 e. The van der Waals surface area contributed by atoms with Gasteiger partial charge < -0.3 is 4.74 Å². The summed E-state index contributed by atoms with van der Waals surface area (Å²) in [4.78, 5) is 12.1. The minimum Gasteiger partial charge on any atom is -0.469 e. The molecule has 0 amide bonds. The molecule has 0 heterocycles. The molecule has 24 heavy (non-hydrogen) atoms. The number of aryl methyl sites for hydroxylation is 1. The fraction of sp³-hybridized carbons (Fsp3) is 0.278. The highest BCUT2D eigenvalue weighted by molar-refractivity contribution is 7.89. The maximum absolute atomic E-state index is 12.7. The largest absolute Gasteiger partial charge is 0.469 e. The van der Waals surface area contributed by atoms with E-state index in [1.165, 1.54) is 7.11 Å². The Morgan fingerprint density at radius 1 is 1.04 bits per heavy atom. The first kappa shape index (κ1) is 18.2. The molecule has 0 aliphatic rings. The van der Waals surface area contributed by atoms with Gasteiger partial charge in [-0.05, 0) is 24.6 Å². The second-order valence-electron chi connectivity index (χ2n) is 5.63. The van der Waals surface area contributed by atoms with Crippen LogP contribution in [0.4, 0.5) is 0 Å². The zero-order chi connectivity index (χ0) is 17.7. The van der Waals surface area contributed by atoms with Gasteiger partial charge in [0.25, 0.3) is 0 Å². The number of methoxy groups -OCH3 is 1. The van der Waals surface area contributed by atoms with Crippen molar-refractivity contribution < 1.29 is 17.9 Å². The monoisotopic (exact) mass is 347 g/mol. The fourth-order valence-electron chi connectivity index (χ4n) is 2.39. The Balaban J connectivity index is 2.37. The number of hydrogen-bond donors (Lipinski definition) is 1. The highest BCUT2D eigenvalue weighted by atomic mass is 32.2. The van der Waals surface area contributed by atoms with Crippen molar-refractivity contribution in [2.45, 2.75) is 24.8 Å². The van der Waals surface area contributed by atoms with Crippen molar-refractivity contribution in [3.63, 3.8) is 0 Å². The van der Waals surface area contributed by atoms with Crippen molar-refractivity contribution in [1.29, 1.82) is 0 Å². The summed E-state index contributed by atoms with van der Waals surface area (Å²) in [6.07, 6.45) is 0. The van der Waals surface area contributed by atoms with E-state index in [-0.39, 0.29) is 4.90 Å². The van der Waals surface area contributed by atoms with E-state index in [1.807, 2.05) is 13.0 Å². The summed E-state index contributed by atoms with van der Waals surface area (Å²) in [5.41, 5.74) is 1.67. The standard InChI is InChI=1S/C18H21NO4S/c1-13-9-11-16(12-10-13)24(21,22)19-17(14(2)18(20)23-3)15-7-5-4-6-8-15/h4-12,14,17,19H,1-3H3/t14-,17-/m0/s1. The molecule has 0 radical (unpaired) electrons. The summed E-state index contributed by atoms with van der Waals surface area (Å²) in [5.74, 6) is -1.15. The molecular formula is C18H21NO4S. The van der Waals surface area contributed by atoms with Crippen LogP contribution >= 0.6 is 0 Å². The number of carbonyl (C=O) groups excluding carboxylic acids is 1. The summed E-state index contributed by atoms with van der Waals surface area (Å²) in [6.45, 7) is 3.52. The Kier molecular flexibility index (Phi) is 5.75. The van der Waals surface area contributed by atoms with Crippen LogP contribution in [-0.4, -0.2) is 21.5 Å². The van der Waals surface area contributed by atoms with Gasteiger partial charge in [-0.1, -0.05) is 55.0 Å². The summed E-state index contributed by atoms with van der Waals surface area (Å²) >= 11 is 0. The van der Waals surface area contributed by atoms with Crippen LogP contribution in [0.2, 0.25) is 0 Å². The maximum atomic E-state index is 12.7. The molecule has 2 atom stereocenters. The summed E-state index contributed by atoms with van der Waals surface area (Å²) in [7, 11) is -2.48. The predicted molar refractivity (Wildman–Crippen MR) is 91.9 cm³/mol. The number of hydrogen-bond acceptors (Lipinski definition) is 4. The van der Waals surface area contributed by atoms with E-state index in [1.54, 1.807) is 55.5 Å². The normalized spacial score (nSPS) is 14.0. The van der Waals surface area contributed by atoms with Crippen LogP contribution in [0.3, 0.4) is 0 Å². The molecule has 0 unspecified atom stereocenters. The van der Waals surface area contributed by atoms with Gasteiger partial charge in [0.1, 0.15) is 0 Å². The zero-order valence-electron chi connectivity index (χ0n) is 13.9. The second-order valence-corrected chi connectivity index (χ2v) is 7.35. The van der Waals surface area contributed by atoms with Gasteiger partial charge in [0, 0.05) is 0 Å². The van der Waals surface area contributed by atoms with Crippen molar-refractivity contribution in [1.82, 2.24) is 4.72 Å². The fourth-order valence-corrected chi connectivity index (χ4v) is 3.70. The molecule has 2 rings (SSSR count). The number of benzene rings is 2. The number of esters is 1. The molecule has 0 saturated carbocycles. The first-order chi connectivity index (χ1) is 11.3. The lowest BCUT2D eigenvalue weighted by molar-refractivity contribution is -0.145. The van der Waals surface area contributed by atoms with Gasteiger partial charge in [-0.3, -0.25) is 4.79 Å². The van der Waals surface area contributed by atoms with Gasteiger partial charge in [-0.15, -0.1) is 0 Å². The van der Waals surface area contributed by atoms with Gasteiger partial charge in [-0.25, -0.2) is 13.1 Å². The highest BCUT2D eigenvalue weighted by Gasteiger charge is 2.30. The third kappa shape index (κ3) is 4.21. The third-order valence-corrected chi connectivity index (χ3v) is 5.30. The number of ether oxygens (including phenoxy) is 1. The molecule has 0 spiro atoms. The molecule has 0 aromatic heterocycles. The predicted octanol–water partition coefficient (Wildman–Crippen LogP) is 2.82. The van der Waals surface area contributed by atoms with E-state index in [2.05, 4.69) is 4.72 Å². The number of rotatable bonds is 6. The zero-order valence-corrected chi connectivity index (χ0v) is 14.7. The van der Waals surface area contributed by atoms with Crippen LogP contribution in [0, 0.1) is 12.8 Å². The van der Waals surface area contributed by atoms with E-state index in [9.17, 15) is 13.2 Å². The summed E-state index contributed by atoms with van der Waals surface area (Å²) in [5, 5.41) is 0. The minimum absolute atomic E-state index is 0.158. The highest BCUT2D eigenvalue weighted by Crippen LogP contribution is 2.25. The molecule has 6 heteroatoms. The van der Waals surface area contributed by atoms with Gasteiger partial charge in [0.2, 0.25) is 10.0 Å². The first-order valence-electron chi connectivity index (χ1n) is 7.57. The average molecular weight is 347 g/mol. The average Bonchev–Trinajstić information content (AvgIpc) is 2.59. The lowest BCUT2D eigenvalue weighted by atomic mass is 9.95. The SMILES string of the molecule is COC(=O)[C@@H](C)[C@H](NS(=O)(=O)c1ccc(C)cc1)c1ccccc1. The lowest BCUT2D eigenvalue weighted by Crippen LogP contribution is -2.36. The third-order valence-electron chi connectivity index (χ3n) is 3.85. The van der Waals surface area contributed by atoms with Crippen molar-refractivity contribution in [3.8, 4) is 0 Å². The van der Waals surface area contributed by atoms with Gasteiger partial charge >= 0.3 is 5.97 Å². The second kappa shape index (κ2) is 7.59. The molecule has 0 saturated heterocycles. The molecule has 128 valence electrons. The molecule has 0 aliphatic carbocycles. The molecule has 0 aliphatic heterocycles. The van der Waals surface area contributed by atoms with E-state index < -0.39 is 28.0 Å². The Morgan fingerprint density at radius 2 is 1.62 bits per heavy atom. The van der Waals surface area contributed by atoms with Crippen LogP contribution in [-0.2, 0) is 19.6 Å². The van der Waals surface area contributed by atoms with E-state index in [0.29, 0.717) is 5.56 Å². The van der Waals surface area contributed by atoms with Crippen molar-refractivity contribution in [2.24, 2.45) is 5.92 Å². The summed E-state index contributed by atoms with van der Waals surface area (Å²) in [6, 6.07) is 14.8. The Labute approximate surface area is 142 Å². The molecule has 2 aromatic rings. The van der Waals surface area contributed by atoms with Crippen molar-refractivity contribution in [3.05, 3.63) is 65.7 Å². The van der Waals surface area contributed by atoms with Crippen LogP contribution < -0.4 is 4.72 Å². The molecule has 0 bridgehead atoms. The van der Waals surface area contributed by atoms with E-state index in [0.717, 1.165) is 5.56 Å². The van der Waals surface area contributed by atoms with Gasteiger partial charge in [0.15, 0.2) is 0 Å². The molecular weight excluding hydrogens is 326 g/mol. The van der Waals surface area contributed by atoms with Crippen molar-refractivity contribution in [2.75, 3.05) is 7.11 Å². The van der Waals surface area contributed by atoms with Crippen LogP contribution in [0.25, 0.3) is 0 Å². The number of nitrogens with one attached hydrogen (secondary N) is 1.